The summed E-state index contributed by atoms with van der Waals surface area (Å²) in [4.78, 5) is 17.7. The number of piperidine rings is 1. The third-order valence-electron chi connectivity index (χ3n) is 4.83. The maximum Gasteiger partial charge on any atom is 0.256 e. The number of aromatic nitrogens is 1. The summed E-state index contributed by atoms with van der Waals surface area (Å²) in [6.07, 6.45) is 3.93. The van der Waals surface area contributed by atoms with Crippen molar-refractivity contribution < 1.29 is 4.74 Å². The Kier molecular flexibility index (Phi) is 4.22. The Hall–Kier alpha value is -2.33. The Bertz CT molecular complexity index is 910. The van der Waals surface area contributed by atoms with Crippen LogP contribution in [-0.2, 0) is 0 Å². The van der Waals surface area contributed by atoms with Crippen LogP contribution in [-0.4, -0.2) is 36.1 Å². The molecular weight excluding hydrogens is 300 g/mol. The molecule has 2 heterocycles. The van der Waals surface area contributed by atoms with E-state index in [0.717, 1.165) is 28.6 Å². The van der Waals surface area contributed by atoms with Crippen molar-refractivity contribution >= 4 is 21.7 Å². The molecule has 0 amide bonds. The lowest BCUT2D eigenvalue weighted by atomic mass is 10.1. The Morgan fingerprint density at radius 1 is 0.958 bits per heavy atom. The van der Waals surface area contributed by atoms with E-state index < -0.39 is 0 Å². The number of ether oxygens (including phenoxy) is 1. The van der Waals surface area contributed by atoms with Gasteiger partial charge in [0, 0.05) is 22.7 Å². The molecule has 1 aliphatic heterocycles. The number of pyridine rings is 1. The molecule has 0 unspecified atom stereocenters. The second-order valence-corrected chi connectivity index (χ2v) is 6.43. The van der Waals surface area contributed by atoms with Gasteiger partial charge in [0.05, 0.1) is 5.52 Å². The van der Waals surface area contributed by atoms with E-state index in [4.69, 9.17) is 4.74 Å². The van der Waals surface area contributed by atoms with Gasteiger partial charge in [-0.3, -0.25) is 9.69 Å². The van der Waals surface area contributed by atoms with Gasteiger partial charge in [0.1, 0.15) is 12.4 Å². The highest BCUT2D eigenvalue weighted by molar-refractivity contribution is 6.08. The molecule has 0 spiro atoms. The molecule has 1 fully saturated rings. The Labute approximate surface area is 141 Å². The van der Waals surface area contributed by atoms with E-state index >= 15 is 0 Å². The van der Waals surface area contributed by atoms with Crippen molar-refractivity contribution in [2.75, 3.05) is 26.2 Å². The van der Waals surface area contributed by atoms with Crippen molar-refractivity contribution in [3.63, 3.8) is 0 Å². The number of aromatic amines is 1. The van der Waals surface area contributed by atoms with E-state index in [2.05, 4.69) is 9.88 Å². The summed E-state index contributed by atoms with van der Waals surface area (Å²) in [5, 5.41) is 2.65. The monoisotopic (exact) mass is 322 g/mol. The average Bonchev–Trinajstić information content (AvgIpc) is 2.63. The number of fused-ring (bicyclic) bond motifs is 3. The topological polar surface area (TPSA) is 45.3 Å². The lowest BCUT2D eigenvalue weighted by molar-refractivity contribution is 0.184. The van der Waals surface area contributed by atoms with Crippen LogP contribution in [0, 0.1) is 0 Å². The van der Waals surface area contributed by atoms with Gasteiger partial charge in [-0.2, -0.15) is 0 Å². The molecule has 4 heteroatoms. The number of H-pyrrole nitrogens is 1. The average molecular weight is 322 g/mol. The van der Waals surface area contributed by atoms with E-state index in [1.807, 2.05) is 42.5 Å². The minimum Gasteiger partial charge on any atom is -0.492 e. The maximum atomic E-state index is 12.2. The largest absolute Gasteiger partial charge is 0.492 e. The molecule has 0 bridgehead atoms. The van der Waals surface area contributed by atoms with Crippen LogP contribution < -0.4 is 10.3 Å². The summed E-state index contributed by atoms with van der Waals surface area (Å²) >= 11 is 0. The van der Waals surface area contributed by atoms with Crippen LogP contribution in [0.1, 0.15) is 19.3 Å². The van der Waals surface area contributed by atoms with E-state index in [9.17, 15) is 4.79 Å². The number of benzene rings is 2. The van der Waals surface area contributed by atoms with Gasteiger partial charge in [0.25, 0.3) is 5.56 Å². The molecule has 3 aromatic rings. The van der Waals surface area contributed by atoms with Gasteiger partial charge in [-0.15, -0.1) is 0 Å². The first-order valence-corrected chi connectivity index (χ1v) is 8.72. The van der Waals surface area contributed by atoms with E-state index in [-0.39, 0.29) is 5.56 Å². The van der Waals surface area contributed by atoms with Crippen LogP contribution in [0.15, 0.2) is 47.3 Å². The molecule has 0 atom stereocenters. The first kappa shape index (κ1) is 15.2. The number of nitrogens with zero attached hydrogens (tertiary/aromatic N) is 1. The molecule has 24 heavy (non-hydrogen) atoms. The Morgan fingerprint density at radius 3 is 2.58 bits per heavy atom. The van der Waals surface area contributed by atoms with E-state index in [0.29, 0.717) is 12.0 Å². The fourth-order valence-electron chi connectivity index (χ4n) is 3.59. The highest BCUT2D eigenvalue weighted by atomic mass is 16.5. The van der Waals surface area contributed by atoms with E-state index in [1.165, 1.54) is 32.4 Å². The zero-order valence-electron chi connectivity index (χ0n) is 13.8. The fraction of sp³-hybridized carbons (Fsp3) is 0.350. The highest BCUT2D eigenvalue weighted by Gasteiger charge is 2.12. The second kappa shape index (κ2) is 6.65. The summed E-state index contributed by atoms with van der Waals surface area (Å²) in [5.41, 5.74) is 0.776. The summed E-state index contributed by atoms with van der Waals surface area (Å²) in [6, 6.07) is 13.6. The van der Waals surface area contributed by atoms with Gasteiger partial charge in [-0.1, -0.05) is 30.7 Å². The van der Waals surface area contributed by atoms with Gasteiger partial charge in [0.2, 0.25) is 0 Å². The van der Waals surface area contributed by atoms with Crippen LogP contribution in [0.5, 0.6) is 5.75 Å². The zero-order chi connectivity index (χ0) is 16.4. The first-order chi connectivity index (χ1) is 11.8. The molecule has 1 aromatic heterocycles. The van der Waals surface area contributed by atoms with Crippen molar-refractivity contribution in [2.45, 2.75) is 19.3 Å². The number of hydrogen-bond donors (Lipinski definition) is 1. The minimum absolute atomic E-state index is 0.0523. The molecule has 0 aliphatic carbocycles. The van der Waals surface area contributed by atoms with Gasteiger partial charge in [-0.05, 0) is 44.1 Å². The van der Waals surface area contributed by atoms with Crippen LogP contribution >= 0.6 is 0 Å². The molecule has 1 aliphatic rings. The highest BCUT2D eigenvalue weighted by Crippen LogP contribution is 2.30. The first-order valence-electron chi connectivity index (χ1n) is 8.72. The lowest BCUT2D eigenvalue weighted by Crippen LogP contribution is -2.33. The van der Waals surface area contributed by atoms with Gasteiger partial charge < -0.3 is 9.72 Å². The quantitative estimate of drug-likeness (QED) is 0.747. The summed E-state index contributed by atoms with van der Waals surface area (Å²) < 4.78 is 6.11. The molecular formula is C20H22N2O2. The van der Waals surface area contributed by atoms with Gasteiger partial charge >= 0.3 is 0 Å². The normalized spacial score (nSPS) is 15.8. The van der Waals surface area contributed by atoms with Crippen LogP contribution in [0.3, 0.4) is 0 Å². The van der Waals surface area contributed by atoms with Crippen molar-refractivity contribution in [3.05, 3.63) is 52.8 Å². The number of nitrogens with one attached hydrogen (secondary N) is 1. The second-order valence-electron chi connectivity index (χ2n) is 6.43. The summed E-state index contributed by atoms with van der Waals surface area (Å²) in [6.45, 7) is 3.98. The molecule has 1 N–H and O–H groups in total. The summed E-state index contributed by atoms with van der Waals surface area (Å²) in [5.74, 6) is 0.844. The van der Waals surface area contributed by atoms with Crippen molar-refractivity contribution in [1.82, 2.24) is 9.88 Å². The SMILES string of the molecule is O=c1[nH]c2cccc(OCCN3CCCCC3)c2c2ccccc12. The fourth-order valence-corrected chi connectivity index (χ4v) is 3.59. The Morgan fingerprint density at radius 2 is 1.75 bits per heavy atom. The molecule has 2 aromatic carbocycles. The molecule has 4 rings (SSSR count). The van der Waals surface area contributed by atoms with Crippen LogP contribution in [0.4, 0.5) is 0 Å². The third kappa shape index (κ3) is 2.89. The Balaban J connectivity index is 1.65. The lowest BCUT2D eigenvalue weighted by Gasteiger charge is -2.26. The zero-order valence-corrected chi connectivity index (χ0v) is 13.8. The smallest absolute Gasteiger partial charge is 0.256 e. The molecule has 0 saturated carbocycles. The molecule has 1 saturated heterocycles. The van der Waals surface area contributed by atoms with Crippen LogP contribution in [0.25, 0.3) is 21.7 Å². The van der Waals surface area contributed by atoms with Crippen LogP contribution in [0.2, 0.25) is 0 Å². The molecule has 4 nitrogen and oxygen atoms in total. The number of hydrogen-bond acceptors (Lipinski definition) is 3. The van der Waals surface area contributed by atoms with Crippen molar-refractivity contribution in [2.24, 2.45) is 0 Å². The summed E-state index contributed by atoms with van der Waals surface area (Å²) in [7, 11) is 0. The third-order valence-corrected chi connectivity index (χ3v) is 4.83. The van der Waals surface area contributed by atoms with E-state index in [1.54, 1.807) is 0 Å². The predicted octanol–water partition coefficient (Wildman–Crippen LogP) is 3.55. The maximum absolute atomic E-state index is 12.2. The predicted molar refractivity (Wildman–Crippen MR) is 97.9 cm³/mol. The minimum atomic E-state index is -0.0523. The van der Waals surface area contributed by atoms with Crippen molar-refractivity contribution in [1.29, 1.82) is 0 Å². The molecule has 124 valence electrons. The van der Waals surface area contributed by atoms with Gasteiger partial charge in [0.15, 0.2) is 0 Å². The standard InChI is InChI=1S/C20H22N2O2/c23-20-16-8-3-2-7-15(16)19-17(21-20)9-6-10-18(19)24-14-13-22-11-4-1-5-12-22/h2-3,6-10H,1,4-5,11-14H2,(H,21,23). The molecule has 0 radical (unpaired) electrons. The number of rotatable bonds is 4. The van der Waals surface area contributed by atoms with Gasteiger partial charge in [-0.25, -0.2) is 0 Å². The number of likely N-dealkylation sites (tertiary alicyclic amines) is 1. The van der Waals surface area contributed by atoms with Crippen molar-refractivity contribution in [3.8, 4) is 5.75 Å².